The second kappa shape index (κ2) is 8.73. The number of anilines is 2. The van der Waals surface area contributed by atoms with Crippen molar-refractivity contribution in [2.45, 2.75) is 66.0 Å². The number of fused-ring (bicyclic) bond motifs is 3. The summed E-state index contributed by atoms with van der Waals surface area (Å²) in [6, 6.07) is 8.66. The van der Waals surface area contributed by atoms with Crippen LogP contribution in [0.15, 0.2) is 33.9 Å². The van der Waals surface area contributed by atoms with Gasteiger partial charge in [0.05, 0.1) is 0 Å². The van der Waals surface area contributed by atoms with E-state index in [-0.39, 0.29) is 11.2 Å². The number of aromatic nitrogens is 4. The molecule has 4 rings (SSSR count). The average Bonchev–Trinajstić information content (AvgIpc) is 3.15. The van der Waals surface area contributed by atoms with Crippen molar-refractivity contribution >= 4 is 22.8 Å². The van der Waals surface area contributed by atoms with Crippen LogP contribution in [0.3, 0.4) is 0 Å². The highest BCUT2D eigenvalue weighted by Crippen LogP contribution is 2.33. The minimum Gasteiger partial charge on any atom is -0.312 e. The van der Waals surface area contributed by atoms with Crippen LogP contribution in [0.4, 0.5) is 11.6 Å². The van der Waals surface area contributed by atoms with E-state index in [0.29, 0.717) is 23.6 Å². The number of aryl methyl sites for hydroxylation is 2. The maximum atomic E-state index is 13.3. The summed E-state index contributed by atoms with van der Waals surface area (Å²) in [5, 5.41) is 0. The Morgan fingerprint density at radius 2 is 1.74 bits per heavy atom. The van der Waals surface area contributed by atoms with Crippen molar-refractivity contribution in [1.82, 2.24) is 18.7 Å². The molecular formula is C24H33N5O2. The molecule has 7 nitrogen and oxygen atoms in total. The van der Waals surface area contributed by atoms with Gasteiger partial charge in [-0.1, -0.05) is 45.7 Å². The minimum absolute atomic E-state index is 0.228. The van der Waals surface area contributed by atoms with Gasteiger partial charge in [0.25, 0.3) is 5.56 Å². The molecule has 0 spiro atoms. The number of imidazole rings is 1. The summed E-state index contributed by atoms with van der Waals surface area (Å²) in [7, 11) is 1.71. The van der Waals surface area contributed by atoms with E-state index in [2.05, 4.69) is 49.9 Å². The van der Waals surface area contributed by atoms with Crippen LogP contribution in [0.5, 0.6) is 0 Å². The van der Waals surface area contributed by atoms with Crippen LogP contribution >= 0.6 is 0 Å². The molecule has 0 unspecified atom stereocenters. The van der Waals surface area contributed by atoms with Gasteiger partial charge in [-0.15, -0.1) is 0 Å². The highest BCUT2D eigenvalue weighted by atomic mass is 16.2. The van der Waals surface area contributed by atoms with E-state index in [1.807, 2.05) is 4.57 Å². The largest absolute Gasteiger partial charge is 0.332 e. The van der Waals surface area contributed by atoms with Gasteiger partial charge in [0.2, 0.25) is 5.95 Å². The van der Waals surface area contributed by atoms with E-state index in [4.69, 9.17) is 4.98 Å². The Morgan fingerprint density at radius 3 is 2.42 bits per heavy atom. The fourth-order valence-electron chi connectivity index (χ4n) is 4.46. The summed E-state index contributed by atoms with van der Waals surface area (Å²) in [6.07, 6.45) is 5.19. The van der Waals surface area contributed by atoms with Gasteiger partial charge >= 0.3 is 5.69 Å². The van der Waals surface area contributed by atoms with E-state index in [9.17, 15) is 9.59 Å². The Labute approximate surface area is 182 Å². The van der Waals surface area contributed by atoms with Gasteiger partial charge in [-0.25, -0.2) is 4.79 Å². The molecule has 7 heteroatoms. The quantitative estimate of drug-likeness (QED) is 0.579. The second-order valence-corrected chi connectivity index (χ2v) is 8.83. The molecule has 0 saturated heterocycles. The molecule has 0 amide bonds. The molecule has 2 aromatic heterocycles. The fraction of sp³-hybridized carbons (Fsp3) is 0.542. The van der Waals surface area contributed by atoms with Crippen molar-refractivity contribution in [3.8, 4) is 0 Å². The molecule has 1 aromatic carbocycles. The van der Waals surface area contributed by atoms with Gasteiger partial charge < -0.3 is 9.47 Å². The van der Waals surface area contributed by atoms with Crippen LogP contribution in [-0.4, -0.2) is 25.2 Å². The van der Waals surface area contributed by atoms with Crippen molar-refractivity contribution in [1.29, 1.82) is 0 Å². The lowest BCUT2D eigenvalue weighted by Crippen LogP contribution is -2.40. The first-order valence-corrected chi connectivity index (χ1v) is 11.5. The summed E-state index contributed by atoms with van der Waals surface area (Å²) in [6.45, 7) is 8.44. The maximum absolute atomic E-state index is 13.3. The zero-order valence-electron chi connectivity index (χ0n) is 19.1. The third-order valence-electron chi connectivity index (χ3n) is 6.24. The molecule has 1 aliphatic rings. The molecule has 1 atom stereocenters. The molecule has 0 bridgehead atoms. The fourth-order valence-corrected chi connectivity index (χ4v) is 4.46. The van der Waals surface area contributed by atoms with E-state index < -0.39 is 0 Å². The number of rotatable bonds is 7. The zero-order valence-corrected chi connectivity index (χ0v) is 19.1. The average molecular weight is 424 g/mol. The lowest BCUT2D eigenvalue weighted by molar-refractivity contribution is 0.457. The monoisotopic (exact) mass is 423 g/mol. The van der Waals surface area contributed by atoms with Gasteiger partial charge in [-0.05, 0) is 42.9 Å². The molecule has 0 N–H and O–H groups in total. The Hall–Kier alpha value is -2.83. The molecule has 3 heterocycles. The van der Waals surface area contributed by atoms with Crippen LogP contribution in [-0.2, 0) is 26.6 Å². The van der Waals surface area contributed by atoms with Crippen molar-refractivity contribution in [3.63, 3.8) is 0 Å². The van der Waals surface area contributed by atoms with E-state index in [1.165, 1.54) is 27.5 Å². The summed E-state index contributed by atoms with van der Waals surface area (Å²) in [4.78, 5) is 33.1. The minimum atomic E-state index is -0.290. The molecule has 3 aromatic rings. The van der Waals surface area contributed by atoms with Crippen molar-refractivity contribution in [2.24, 2.45) is 13.0 Å². The summed E-state index contributed by atoms with van der Waals surface area (Å²) < 4.78 is 4.90. The van der Waals surface area contributed by atoms with Crippen LogP contribution in [0.1, 0.15) is 52.0 Å². The zero-order chi connectivity index (χ0) is 22.1. The first kappa shape index (κ1) is 21.4. The molecule has 0 radical (unpaired) electrons. The van der Waals surface area contributed by atoms with E-state index >= 15 is 0 Å². The Balaban J connectivity index is 1.83. The molecule has 0 fully saturated rings. The molecule has 1 aliphatic heterocycles. The molecule has 0 aliphatic carbocycles. The maximum Gasteiger partial charge on any atom is 0.332 e. The molecule has 0 saturated carbocycles. The SMILES string of the molecule is CCCCc1ccc(N2C[C@H](C)Cn3c2nc2c3c(=O)n(CCCC)c(=O)n2C)cc1. The van der Waals surface area contributed by atoms with Crippen molar-refractivity contribution in [3.05, 3.63) is 50.7 Å². The number of unbranched alkanes of at least 4 members (excludes halogenated alkanes) is 2. The lowest BCUT2D eigenvalue weighted by Gasteiger charge is -2.33. The predicted octanol–water partition coefficient (Wildman–Crippen LogP) is 3.83. The number of hydrogen-bond donors (Lipinski definition) is 0. The highest BCUT2D eigenvalue weighted by molar-refractivity contribution is 5.77. The van der Waals surface area contributed by atoms with Gasteiger partial charge in [-0.3, -0.25) is 13.9 Å². The van der Waals surface area contributed by atoms with Crippen molar-refractivity contribution < 1.29 is 0 Å². The van der Waals surface area contributed by atoms with Gasteiger partial charge in [0, 0.05) is 32.4 Å². The van der Waals surface area contributed by atoms with E-state index in [1.54, 1.807) is 7.05 Å². The standard InChI is InChI=1S/C24H33N5O2/c1-5-7-9-18-10-12-19(13-11-18)28-15-17(3)16-29-20-21(25-23(28)29)26(4)24(31)27(22(20)30)14-8-6-2/h10-13,17H,5-9,14-16H2,1-4H3/t17-/m0/s1. The third-order valence-corrected chi connectivity index (χ3v) is 6.24. The predicted molar refractivity (Wildman–Crippen MR) is 125 cm³/mol. The molecule has 31 heavy (non-hydrogen) atoms. The van der Waals surface area contributed by atoms with Gasteiger partial charge in [0.15, 0.2) is 11.2 Å². The first-order chi connectivity index (χ1) is 15.0. The smallest absolute Gasteiger partial charge is 0.312 e. The van der Waals surface area contributed by atoms with Gasteiger partial charge in [0.1, 0.15) is 0 Å². The second-order valence-electron chi connectivity index (χ2n) is 8.83. The highest BCUT2D eigenvalue weighted by Gasteiger charge is 2.29. The number of nitrogens with zero attached hydrogens (tertiary/aromatic N) is 5. The van der Waals surface area contributed by atoms with Crippen LogP contribution in [0.2, 0.25) is 0 Å². The van der Waals surface area contributed by atoms with Crippen LogP contribution in [0.25, 0.3) is 11.2 Å². The number of benzene rings is 1. The van der Waals surface area contributed by atoms with Crippen LogP contribution < -0.4 is 16.1 Å². The lowest BCUT2D eigenvalue weighted by atomic mass is 10.1. The Kier molecular flexibility index (Phi) is 6.03. The number of hydrogen-bond acceptors (Lipinski definition) is 4. The van der Waals surface area contributed by atoms with Crippen molar-refractivity contribution in [2.75, 3.05) is 11.4 Å². The normalized spacial score (nSPS) is 16.1. The first-order valence-electron chi connectivity index (χ1n) is 11.5. The van der Waals surface area contributed by atoms with Crippen LogP contribution in [0, 0.1) is 5.92 Å². The summed E-state index contributed by atoms with van der Waals surface area (Å²) in [5.41, 5.74) is 2.89. The molecular weight excluding hydrogens is 390 g/mol. The summed E-state index contributed by atoms with van der Waals surface area (Å²) in [5.74, 6) is 1.10. The third kappa shape index (κ3) is 3.82. The van der Waals surface area contributed by atoms with E-state index in [0.717, 1.165) is 44.0 Å². The molecule has 166 valence electrons. The topological polar surface area (TPSA) is 65.1 Å². The Morgan fingerprint density at radius 1 is 1.03 bits per heavy atom. The summed E-state index contributed by atoms with van der Waals surface area (Å²) >= 11 is 0. The Bertz CT molecular complexity index is 1190. The van der Waals surface area contributed by atoms with Gasteiger partial charge in [-0.2, -0.15) is 4.98 Å².